The summed E-state index contributed by atoms with van der Waals surface area (Å²) in [4.78, 5) is 14.2. The van der Waals surface area contributed by atoms with Crippen LogP contribution in [-0.2, 0) is 5.75 Å². The van der Waals surface area contributed by atoms with Gasteiger partial charge >= 0.3 is 0 Å². The first-order chi connectivity index (χ1) is 15.5. The molecule has 1 atom stereocenters. The molecular formula is C27H28ClNO2S. The van der Waals surface area contributed by atoms with Crippen molar-refractivity contribution in [1.82, 2.24) is 5.32 Å². The first-order valence-corrected chi connectivity index (χ1v) is 12.4. The highest BCUT2D eigenvalue weighted by atomic mass is 35.5. The van der Waals surface area contributed by atoms with Gasteiger partial charge in [-0.25, -0.2) is 0 Å². The average molecular weight is 466 g/mol. The van der Waals surface area contributed by atoms with Crippen molar-refractivity contribution < 1.29 is 9.53 Å². The first kappa shape index (κ1) is 22.8. The maximum atomic E-state index is 13.1. The Labute approximate surface area is 199 Å². The number of para-hydroxylation sites is 1. The van der Waals surface area contributed by atoms with Gasteiger partial charge in [0.25, 0.3) is 5.91 Å². The van der Waals surface area contributed by atoms with Crippen molar-refractivity contribution in [2.24, 2.45) is 0 Å². The average Bonchev–Trinajstić information content (AvgIpc) is 2.84. The summed E-state index contributed by atoms with van der Waals surface area (Å²) in [6.45, 7) is 4.30. The van der Waals surface area contributed by atoms with Crippen LogP contribution in [0.3, 0.4) is 0 Å². The van der Waals surface area contributed by atoms with Crippen molar-refractivity contribution in [2.75, 3.05) is 0 Å². The van der Waals surface area contributed by atoms with Gasteiger partial charge in [-0.1, -0.05) is 55.8 Å². The van der Waals surface area contributed by atoms with Gasteiger partial charge in [0.05, 0.1) is 6.04 Å². The molecule has 1 aliphatic rings. The maximum absolute atomic E-state index is 13.1. The molecule has 0 saturated carbocycles. The Morgan fingerprint density at radius 2 is 1.72 bits per heavy atom. The molecule has 1 heterocycles. The fraction of sp³-hybridized carbons (Fsp3) is 0.296. The molecule has 4 rings (SSSR count). The molecule has 1 aliphatic heterocycles. The third-order valence-corrected chi connectivity index (χ3v) is 7.56. The summed E-state index contributed by atoms with van der Waals surface area (Å²) in [7, 11) is 0. The lowest BCUT2D eigenvalue weighted by Crippen LogP contribution is -2.44. The molecule has 0 aromatic heterocycles. The van der Waals surface area contributed by atoms with E-state index < -0.39 is 0 Å². The smallest absolute Gasteiger partial charge is 0.251 e. The molecule has 5 heteroatoms. The molecule has 3 nitrogen and oxygen atoms in total. The van der Waals surface area contributed by atoms with Gasteiger partial charge in [0.2, 0.25) is 0 Å². The van der Waals surface area contributed by atoms with E-state index in [1.807, 2.05) is 72.8 Å². The van der Waals surface area contributed by atoms with Gasteiger partial charge in [0.15, 0.2) is 0 Å². The molecule has 0 aliphatic carbocycles. The Morgan fingerprint density at radius 3 is 2.41 bits per heavy atom. The van der Waals surface area contributed by atoms with Crippen LogP contribution in [0.4, 0.5) is 0 Å². The van der Waals surface area contributed by atoms with Gasteiger partial charge < -0.3 is 10.1 Å². The fourth-order valence-electron chi connectivity index (χ4n) is 4.12. The van der Waals surface area contributed by atoms with Crippen LogP contribution < -0.4 is 10.1 Å². The summed E-state index contributed by atoms with van der Waals surface area (Å²) < 4.78 is 6.36. The van der Waals surface area contributed by atoms with Gasteiger partial charge in [-0.15, -0.1) is 11.8 Å². The van der Waals surface area contributed by atoms with E-state index in [9.17, 15) is 4.79 Å². The van der Waals surface area contributed by atoms with E-state index in [4.69, 9.17) is 16.3 Å². The van der Waals surface area contributed by atoms with Crippen molar-refractivity contribution in [3.8, 4) is 5.75 Å². The van der Waals surface area contributed by atoms with Gasteiger partial charge in [-0.05, 0) is 60.9 Å². The number of hydrogen-bond donors (Lipinski definition) is 1. The van der Waals surface area contributed by atoms with Crippen LogP contribution >= 0.6 is 23.4 Å². The van der Waals surface area contributed by atoms with Crippen molar-refractivity contribution >= 4 is 29.3 Å². The predicted molar refractivity (Wildman–Crippen MR) is 133 cm³/mol. The Bertz CT molecular complexity index is 1060. The molecule has 0 unspecified atom stereocenters. The topological polar surface area (TPSA) is 38.3 Å². The molecular weight excluding hydrogens is 438 g/mol. The van der Waals surface area contributed by atoms with Crippen molar-refractivity contribution in [3.05, 3.63) is 94.5 Å². The van der Waals surface area contributed by atoms with E-state index in [-0.39, 0.29) is 17.6 Å². The summed E-state index contributed by atoms with van der Waals surface area (Å²) in [5.41, 5.74) is 2.66. The Balaban J connectivity index is 1.43. The summed E-state index contributed by atoms with van der Waals surface area (Å²) in [5.74, 6) is 1.67. The van der Waals surface area contributed by atoms with E-state index in [1.165, 1.54) is 10.5 Å². The molecule has 3 aromatic rings. The summed E-state index contributed by atoms with van der Waals surface area (Å²) in [6, 6.07) is 23.7. The van der Waals surface area contributed by atoms with Gasteiger partial charge in [0, 0.05) is 33.2 Å². The number of carbonyl (C=O) groups excluding carboxylic acids is 1. The molecule has 32 heavy (non-hydrogen) atoms. The zero-order valence-electron chi connectivity index (χ0n) is 18.4. The number of hydrogen-bond acceptors (Lipinski definition) is 3. The number of ether oxygens (including phenoxy) is 1. The van der Waals surface area contributed by atoms with Crippen LogP contribution in [0.25, 0.3) is 0 Å². The third-order valence-electron chi connectivity index (χ3n) is 6.23. The number of amides is 1. The van der Waals surface area contributed by atoms with Gasteiger partial charge in [0.1, 0.15) is 11.4 Å². The van der Waals surface area contributed by atoms with Crippen LogP contribution in [0.5, 0.6) is 5.75 Å². The Morgan fingerprint density at radius 1 is 1.03 bits per heavy atom. The second-order valence-electron chi connectivity index (χ2n) is 8.20. The minimum absolute atomic E-state index is 0.0512. The highest BCUT2D eigenvalue weighted by Crippen LogP contribution is 2.42. The zero-order chi connectivity index (χ0) is 22.6. The fourth-order valence-corrected chi connectivity index (χ4v) is 5.10. The van der Waals surface area contributed by atoms with E-state index in [0.717, 1.165) is 41.4 Å². The second-order valence-corrected chi connectivity index (χ2v) is 9.68. The molecule has 0 saturated heterocycles. The first-order valence-electron chi connectivity index (χ1n) is 11.1. The molecule has 1 N–H and O–H groups in total. The van der Waals surface area contributed by atoms with Crippen molar-refractivity contribution in [2.45, 2.75) is 55.4 Å². The normalized spacial score (nSPS) is 16.7. The lowest BCUT2D eigenvalue weighted by atomic mass is 9.83. The minimum Gasteiger partial charge on any atom is -0.487 e. The molecule has 3 aromatic carbocycles. The quantitative estimate of drug-likeness (QED) is 0.368. The lowest BCUT2D eigenvalue weighted by Gasteiger charge is -2.41. The number of fused-ring (bicyclic) bond motifs is 1. The van der Waals surface area contributed by atoms with Crippen LogP contribution in [0, 0.1) is 0 Å². The number of thioether (sulfide) groups is 1. The molecule has 0 radical (unpaired) electrons. The van der Waals surface area contributed by atoms with Crippen LogP contribution in [0.15, 0.2) is 77.7 Å². The van der Waals surface area contributed by atoms with E-state index >= 15 is 0 Å². The maximum Gasteiger partial charge on any atom is 0.251 e. The highest BCUT2D eigenvalue weighted by Gasteiger charge is 2.38. The van der Waals surface area contributed by atoms with Crippen LogP contribution in [0.2, 0.25) is 5.02 Å². The monoisotopic (exact) mass is 465 g/mol. The van der Waals surface area contributed by atoms with E-state index in [0.29, 0.717) is 5.56 Å². The summed E-state index contributed by atoms with van der Waals surface area (Å²) in [5, 5.41) is 4.00. The van der Waals surface area contributed by atoms with Gasteiger partial charge in [-0.2, -0.15) is 0 Å². The van der Waals surface area contributed by atoms with E-state index in [2.05, 4.69) is 19.2 Å². The minimum atomic E-state index is -0.241. The highest BCUT2D eigenvalue weighted by molar-refractivity contribution is 7.98. The number of rotatable bonds is 7. The number of halogens is 1. The molecule has 0 bridgehead atoms. The molecule has 0 fully saturated rings. The van der Waals surface area contributed by atoms with Crippen LogP contribution in [-0.4, -0.2) is 11.5 Å². The van der Waals surface area contributed by atoms with Gasteiger partial charge in [-0.3, -0.25) is 4.79 Å². The molecule has 1 amide bonds. The Hall–Kier alpha value is -2.43. The van der Waals surface area contributed by atoms with Crippen LogP contribution in [0.1, 0.15) is 60.6 Å². The third kappa shape index (κ3) is 5.13. The molecule has 0 spiro atoms. The largest absolute Gasteiger partial charge is 0.487 e. The zero-order valence-corrected chi connectivity index (χ0v) is 20.0. The number of carbonyl (C=O) groups is 1. The van der Waals surface area contributed by atoms with Crippen molar-refractivity contribution in [3.63, 3.8) is 0 Å². The predicted octanol–water partition coefficient (Wildman–Crippen LogP) is 7.44. The van der Waals surface area contributed by atoms with Crippen molar-refractivity contribution in [1.29, 1.82) is 0 Å². The second kappa shape index (κ2) is 10.0. The van der Waals surface area contributed by atoms with E-state index in [1.54, 1.807) is 11.8 Å². The molecule has 166 valence electrons. The standard InChI is InChI=1S/C27H28ClNO2S/c1-3-27(4-2)17-24(23-7-5-6-8-25(23)31-27)29-26(30)20-11-9-19(10-12-20)18-32-22-15-13-21(28)14-16-22/h5-16,24H,3-4,17-18H2,1-2H3,(H,29,30)/t24-/m0/s1. The number of benzene rings is 3. The number of nitrogens with one attached hydrogen (secondary N) is 1. The summed E-state index contributed by atoms with van der Waals surface area (Å²) >= 11 is 7.70. The SMILES string of the molecule is CCC1(CC)C[C@H](NC(=O)c2ccc(CSc3ccc(Cl)cc3)cc2)c2ccccc2O1. The summed E-state index contributed by atoms with van der Waals surface area (Å²) in [6.07, 6.45) is 2.59. The Kier molecular flexibility index (Phi) is 7.12. The lowest BCUT2D eigenvalue weighted by molar-refractivity contribution is 0.0227.